The summed E-state index contributed by atoms with van der Waals surface area (Å²) in [4.78, 5) is 12.4. The van der Waals surface area contributed by atoms with Crippen LogP contribution < -0.4 is 0 Å². The highest BCUT2D eigenvalue weighted by molar-refractivity contribution is 8.32. The topological polar surface area (TPSA) is 64.0 Å². The third-order valence-corrected chi connectivity index (χ3v) is 9.96. The van der Waals surface area contributed by atoms with Gasteiger partial charge in [0, 0.05) is 17.9 Å². The summed E-state index contributed by atoms with van der Waals surface area (Å²) in [6, 6.07) is 0. The minimum absolute atomic E-state index is 0.125. The maximum atomic E-state index is 12.5. The Labute approximate surface area is 151 Å². The van der Waals surface area contributed by atoms with E-state index in [0.29, 0.717) is 18.6 Å². The molecule has 0 aromatic rings. The molecule has 146 valence electrons. The predicted octanol–water partition coefficient (Wildman–Crippen LogP) is 5.29. The molecule has 24 heavy (non-hydrogen) atoms. The Morgan fingerprint density at radius 2 is 1.21 bits per heavy atom. The van der Waals surface area contributed by atoms with E-state index in [2.05, 4.69) is 24.4 Å². The van der Waals surface area contributed by atoms with E-state index < -0.39 is 20.4 Å². The fourth-order valence-electron chi connectivity index (χ4n) is 2.52. The second-order valence-corrected chi connectivity index (χ2v) is 11.9. The standard InChI is InChI=1S/C18H38O4S2/c1-5-9-13-18(19)17-23(14-10-6-2,15-11-7-3)22-24(20,21)16-12-8-4/h5-17H2,1-4H3/p+1. The molecule has 0 aromatic heterocycles. The van der Waals surface area contributed by atoms with Gasteiger partial charge < -0.3 is 0 Å². The maximum Gasteiger partial charge on any atom is 0.390 e. The number of Topliss-reactive ketones (excluding diaryl/α,β-unsaturated/α-hetero) is 1. The van der Waals surface area contributed by atoms with Gasteiger partial charge in [-0.3, -0.25) is 8.42 Å². The van der Waals surface area contributed by atoms with Crippen molar-refractivity contribution in [2.75, 3.05) is 23.0 Å². The van der Waals surface area contributed by atoms with Gasteiger partial charge in [0.25, 0.3) is 0 Å². The second kappa shape index (κ2) is 13.2. The quantitative estimate of drug-likeness (QED) is 0.269. The minimum Gasteiger partial charge on any atom is -0.299 e. The predicted molar refractivity (Wildman–Crippen MR) is 108 cm³/mol. The number of unbranched alkanes of at least 4 members (excludes halogenated alkanes) is 4. The molecule has 0 aliphatic heterocycles. The fraction of sp³-hybridized carbons (Fsp3) is 0.944. The van der Waals surface area contributed by atoms with Crippen LogP contribution in [0.15, 0.2) is 0 Å². The average Bonchev–Trinajstić information content (AvgIpc) is 2.54. The molecule has 0 heterocycles. The molecule has 0 radical (unpaired) electrons. The van der Waals surface area contributed by atoms with E-state index in [4.69, 9.17) is 0 Å². The van der Waals surface area contributed by atoms with Gasteiger partial charge in [-0.25, -0.2) is 0 Å². The van der Waals surface area contributed by atoms with Crippen molar-refractivity contribution in [3.8, 4) is 0 Å². The van der Waals surface area contributed by atoms with Crippen molar-refractivity contribution < 1.29 is 16.8 Å². The molecular formula is C18H39O4S2+. The van der Waals surface area contributed by atoms with Crippen LogP contribution >= 0.6 is 10.3 Å². The summed E-state index contributed by atoms with van der Waals surface area (Å²) >= 11 is 0. The molecule has 0 spiro atoms. The number of hydrogen-bond acceptors (Lipinski definition) is 3. The lowest BCUT2D eigenvalue weighted by molar-refractivity contribution is -0.116. The van der Waals surface area contributed by atoms with Crippen LogP contribution in [0.1, 0.15) is 85.5 Å². The smallest absolute Gasteiger partial charge is 0.299 e. The van der Waals surface area contributed by atoms with Gasteiger partial charge >= 0.3 is 10.1 Å². The molecule has 4 nitrogen and oxygen atoms in total. The lowest BCUT2D eigenvalue weighted by atomic mass is 10.2. The first kappa shape index (κ1) is 23.9. The van der Waals surface area contributed by atoms with Crippen LogP contribution in [0.3, 0.4) is 0 Å². The maximum absolute atomic E-state index is 12.5. The van der Waals surface area contributed by atoms with E-state index in [1.165, 1.54) is 0 Å². The summed E-state index contributed by atoms with van der Waals surface area (Å²) < 4.78 is 29.4. The Morgan fingerprint density at radius 1 is 0.750 bits per heavy atom. The molecular weight excluding hydrogens is 344 g/mol. The Kier molecular flexibility index (Phi) is 13.1. The van der Waals surface area contributed by atoms with E-state index in [1.807, 2.05) is 6.92 Å². The first-order valence-corrected chi connectivity index (χ1v) is 13.3. The van der Waals surface area contributed by atoms with Crippen LogP contribution in [-0.4, -0.2) is 40.8 Å². The molecule has 1 N–H and O–H groups in total. The van der Waals surface area contributed by atoms with E-state index in [9.17, 15) is 13.2 Å². The summed E-state index contributed by atoms with van der Waals surface area (Å²) in [6.07, 6.45) is 7.85. The molecule has 0 bridgehead atoms. The van der Waals surface area contributed by atoms with Crippen molar-refractivity contribution >= 4 is 26.2 Å². The Bertz CT molecular complexity index is 424. The van der Waals surface area contributed by atoms with Gasteiger partial charge in [0.1, 0.15) is 11.5 Å². The van der Waals surface area contributed by atoms with Crippen molar-refractivity contribution in [2.45, 2.75) is 85.5 Å². The summed E-state index contributed by atoms with van der Waals surface area (Å²) in [5.74, 6) is 2.27. The van der Waals surface area contributed by atoms with Gasteiger partial charge in [-0.05, 0) is 36.0 Å². The molecule has 0 atom stereocenters. The zero-order valence-electron chi connectivity index (χ0n) is 16.2. The van der Waals surface area contributed by atoms with Crippen molar-refractivity contribution in [2.24, 2.45) is 0 Å². The molecule has 0 aliphatic carbocycles. The molecule has 0 rings (SSSR count). The normalized spacial score (nSPS) is 13.2. The van der Waals surface area contributed by atoms with Crippen LogP contribution in [0.4, 0.5) is 0 Å². The number of hydrogen-bond donors (Lipinski definition) is 0. The zero-order valence-corrected chi connectivity index (χ0v) is 17.8. The highest BCUT2D eigenvalue weighted by atomic mass is 32.3. The van der Waals surface area contributed by atoms with Gasteiger partial charge in [0.15, 0.2) is 0 Å². The Hall–Kier alpha value is -0.0700. The monoisotopic (exact) mass is 383 g/mol. The number of rotatable bonds is 16. The second-order valence-electron chi connectivity index (χ2n) is 6.62. The first-order chi connectivity index (χ1) is 11.3. The van der Waals surface area contributed by atoms with E-state index in [1.54, 1.807) is 0 Å². The third-order valence-electron chi connectivity index (χ3n) is 4.02. The van der Waals surface area contributed by atoms with Crippen LogP contribution in [0, 0.1) is 0 Å². The number of carbonyl (C=O) groups is 1. The lowest BCUT2D eigenvalue weighted by Gasteiger charge is -2.33. The summed E-state index contributed by atoms with van der Waals surface area (Å²) in [6.45, 7) is 8.27. The van der Waals surface area contributed by atoms with Crippen LogP contribution in [0.25, 0.3) is 0 Å². The van der Waals surface area contributed by atoms with E-state index >= 15 is 0 Å². The molecule has 0 aromatic carbocycles. The fourth-order valence-corrected chi connectivity index (χ4v) is 9.10. The molecule has 0 fully saturated rings. The Balaban J connectivity index is 5.26. The number of carbonyl (C=O) groups excluding carboxylic acids is 1. The molecule has 0 saturated carbocycles. The molecule has 6 heteroatoms. The van der Waals surface area contributed by atoms with Crippen molar-refractivity contribution in [1.82, 2.24) is 0 Å². The van der Waals surface area contributed by atoms with Gasteiger partial charge in [-0.15, -0.1) is 0 Å². The van der Waals surface area contributed by atoms with E-state index in [0.717, 1.165) is 56.5 Å². The molecule has 0 aliphatic rings. The van der Waals surface area contributed by atoms with Crippen LogP contribution in [0.2, 0.25) is 0 Å². The van der Waals surface area contributed by atoms with Crippen molar-refractivity contribution in [1.29, 1.82) is 0 Å². The highest BCUT2D eigenvalue weighted by Gasteiger charge is 2.37. The summed E-state index contributed by atoms with van der Waals surface area (Å²) in [5, 5.41) is 0. The molecule has 0 saturated heterocycles. The number of ketones is 1. The summed E-state index contributed by atoms with van der Waals surface area (Å²) in [7, 11) is -5.17. The zero-order chi connectivity index (χ0) is 18.5. The van der Waals surface area contributed by atoms with Gasteiger partial charge in [0.2, 0.25) is 0 Å². The van der Waals surface area contributed by atoms with E-state index in [-0.39, 0.29) is 11.5 Å². The van der Waals surface area contributed by atoms with Crippen LogP contribution in [-0.2, 0) is 14.9 Å². The largest absolute Gasteiger partial charge is 0.390 e. The Morgan fingerprint density at radius 3 is 1.67 bits per heavy atom. The minimum atomic E-state index is -3.42. The van der Waals surface area contributed by atoms with Gasteiger partial charge in [0.05, 0.1) is 5.75 Å². The lowest BCUT2D eigenvalue weighted by Crippen LogP contribution is -2.29. The summed E-state index contributed by atoms with van der Waals surface area (Å²) in [5.41, 5.74) is 0. The van der Waals surface area contributed by atoms with Gasteiger partial charge in [-0.2, -0.15) is 8.42 Å². The SMILES string of the molecule is CCCCC(=O)CS(CCCC)(CCCC)[OH+]S(=O)(=O)CCCC. The average molecular weight is 384 g/mol. The van der Waals surface area contributed by atoms with Crippen molar-refractivity contribution in [3.05, 3.63) is 0 Å². The molecule has 0 unspecified atom stereocenters. The van der Waals surface area contributed by atoms with Crippen molar-refractivity contribution in [3.63, 3.8) is 0 Å². The third kappa shape index (κ3) is 10.7. The highest BCUT2D eigenvalue weighted by Crippen LogP contribution is 2.50. The van der Waals surface area contributed by atoms with Crippen LogP contribution in [0.5, 0.6) is 0 Å². The molecule has 0 amide bonds. The first-order valence-electron chi connectivity index (χ1n) is 9.59. The van der Waals surface area contributed by atoms with Gasteiger partial charge in [-0.1, -0.05) is 53.4 Å².